The molecule has 0 radical (unpaired) electrons. The van der Waals surface area contributed by atoms with Gasteiger partial charge in [0, 0.05) is 134 Å². The van der Waals surface area contributed by atoms with Crippen molar-refractivity contribution in [1.82, 2.24) is 35.5 Å². The molecule has 7 N–H and O–H groups in total. The number of alkyl carbamates (subject to hydrolysis) is 1. The number of ketones is 2. The Morgan fingerprint density at radius 2 is 1.41 bits per heavy atom. The van der Waals surface area contributed by atoms with Gasteiger partial charge in [-0.15, -0.1) is 0 Å². The summed E-state index contributed by atoms with van der Waals surface area (Å²) >= 11 is 0. The van der Waals surface area contributed by atoms with Crippen molar-refractivity contribution < 1.29 is 72.5 Å². The molecule has 3 saturated heterocycles. The van der Waals surface area contributed by atoms with Gasteiger partial charge in [-0.3, -0.25) is 19.2 Å². The molecule has 16 atom stereocenters. The molecule has 6 heterocycles. The van der Waals surface area contributed by atoms with Crippen LogP contribution >= 0.6 is 0 Å². The van der Waals surface area contributed by atoms with E-state index in [1.807, 2.05) is 67.9 Å². The first-order valence-electron chi connectivity index (χ1n) is 32.7. The standard InChI is InChI=1S/C67H100N10O15/c1-11-69-61(82)48-38-72-65(73-39-48)76-27-25-75(26-28-76)64-70-35-47(36-71-64)37-74-66(85)91-52-23-21-46(32-56(52)89-10)31-50(68)55-34-54(88-9)42(4)30-44(6)58(79)59(80)57(78)43(5)29-40(2)17-13-12-14-18-41(3)53(87-8)33-49-22-20-45(7)67(86,92-49)60(81)62(83)77-24-16-15-19-51(77)63(84)90-55/h12-14,17-18,30,35-36,38-40,42-43,45-46,49-56,58-59,79-80,86H,11,15-16,19-29,31-34,37,68H2,1-10H3,(H,69,82)(H,74,85)/b14-12+,17-13+,41-18+,44-30+/t40-,42-,43-,45-,46+,49+,50-,51+,52-,53+,54-,55+,56-,58-,59+,67-/m1/s1. The monoisotopic (exact) mass is 1280 g/mol. The zero-order valence-electron chi connectivity index (χ0n) is 55.3. The SMILES string of the molecule is CCNC(=O)c1cnc(N2CCN(c3ncc(CNC(=O)O[C@@H]4CC[C@@H](C[C@@H](N)[C@@H]5C[C@@H](OC)[C@H](C)/C=C(\C)[C@@H](O)[C@@H](O)C(=O)[C@H](C)C[C@H](C)/C=C/C=C/C=C(\C)[C@@H](OC)C[C@@H]6CC[C@@H](C)[C@@](O)(O6)C(=O)C(=O)N6CCCC[C@H]6C(=O)O5)C[C@H]4OC)cn3)CC2)nc1. The number of methoxy groups -OCH3 is 3. The summed E-state index contributed by atoms with van der Waals surface area (Å²) in [6, 6.07) is -2.03. The Hall–Kier alpha value is -6.58. The minimum atomic E-state index is -2.48. The Kier molecular flexibility index (Phi) is 27.3. The van der Waals surface area contributed by atoms with Crippen LogP contribution in [-0.4, -0.2) is 203 Å². The second-order valence-electron chi connectivity index (χ2n) is 25.7. The highest BCUT2D eigenvalue weighted by atomic mass is 16.6. The van der Waals surface area contributed by atoms with Crippen LogP contribution in [0.3, 0.4) is 0 Å². The molecule has 2 bridgehead atoms. The van der Waals surface area contributed by atoms with Gasteiger partial charge >= 0.3 is 12.1 Å². The summed E-state index contributed by atoms with van der Waals surface area (Å²) in [5, 5.41) is 40.4. The van der Waals surface area contributed by atoms with Gasteiger partial charge in [-0.25, -0.2) is 29.5 Å². The number of aliphatic hydroxyl groups is 3. The molecule has 0 aromatic carbocycles. The van der Waals surface area contributed by atoms with E-state index >= 15 is 0 Å². The molecule has 1 saturated carbocycles. The molecular formula is C67H100N10O15. The van der Waals surface area contributed by atoms with Crippen LogP contribution in [0.5, 0.6) is 0 Å². The fraction of sp³-hybridized carbons (Fsp3) is 0.672. The molecule has 2 aromatic rings. The maximum Gasteiger partial charge on any atom is 0.407 e. The second-order valence-corrected chi connectivity index (χ2v) is 25.7. The van der Waals surface area contributed by atoms with Gasteiger partial charge in [-0.1, -0.05) is 64.2 Å². The molecular weight excluding hydrogens is 1180 g/mol. The number of piperidine rings is 1. The molecule has 4 aliphatic heterocycles. The van der Waals surface area contributed by atoms with Crippen LogP contribution in [0, 0.1) is 29.6 Å². The Balaban J connectivity index is 1.02. The molecule has 4 fully saturated rings. The number of nitrogens with zero attached hydrogens (tertiary/aromatic N) is 7. The molecule has 25 nitrogen and oxygen atoms in total. The number of esters is 1. The van der Waals surface area contributed by atoms with E-state index in [1.54, 1.807) is 53.5 Å². The number of piperazine rings is 1. The number of rotatable bonds is 13. The third kappa shape index (κ3) is 19.3. The maximum absolute atomic E-state index is 14.8. The van der Waals surface area contributed by atoms with Crippen LogP contribution in [0.15, 0.2) is 72.4 Å². The van der Waals surface area contributed by atoms with Gasteiger partial charge in [0.1, 0.15) is 30.5 Å². The predicted octanol–water partition coefficient (Wildman–Crippen LogP) is 5.25. The summed E-state index contributed by atoms with van der Waals surface area (Å²) in [6.45, 7) is 15.7. The number of hydrogen-bond acceptors (Lipinski definition) is 22. The molecule has 2 aromatic heterocycles. The van der Waals surface area contributed by atoms with Gasteiger partial charge in [0.15, 0.2) is 5.78 Å². The minimum Gasteiger partial charge on any atom is -0.459 e. The summed E-state index contributed by atoms with van der Waals surface area (Å²) < 4.78 is 36.5. The molecule has 3 amide bonds. The normalized spacial score (nSPS) is 33.6. The number of Topliss-reactive ketones (excluding diaryl/α,β-unsaturated/α-hetero) is 2. The number of amides is 3. The number of aromatic nitrogens is 4. The van der Waals surface area contributed by atoms with Crippen molar-refractivity contribution in [2.45, 2.75) is 199 Å². The Labute approximate surface area is 541 Å². The van der Waals surface area contributed by atoms with Crippen molar-refractivity contribution in [3.63, 3.8) is 0 Å². The van der Waals surface area contributed by atoms with Crippen molar-refractivity contribution >= 4 is 47.3 Å². The van der Waals surface area contributed by atoms with Crippen LogP contribution in [0.2, 0.25) is 0 Å². The number of allylic oxidation sites excluding steroid dienone is 5. The third-order valence-electron chi connectivity index (χ3n) is 18.9. The number of ether oxygens (including phenoxy) is 6. The second kappa shape index (κ2) is 34.5. The van der Waals surface area contributed by atoms with Gasteiger partial charge in [-0.05, 0) is 108 Å². The molecule has 1 aliphatic carbocycles. The number of hydrogen-bond donors (Lipinski definition) is 6. The lowest BCUT2D eigenvalue weighted by Crippen LogP contribution is -2.61. The van der Waals surface area contributed by atoms with Crippen LogP contribution in [0.1, 0.15) is 141 Å². The summed E-state index contributed by atoms with van der Waals surface area (Å²) in [5.41, 5.74) is 9.40. The van der Waals surface area contributed by atoms with E-state index in [2.05, 4.69) is 30.6 Å². The van der Waals surface area contributed by atoms with Crippen LogP contribution in [-0.2, 0) is 54.1 Å². The van der Waals surface area contributed by atoms with Crippen LogP contribution in [0.25, 0.3) is 0 Å². The smallest absolute Gasteiger partial charge is 0.407 e. The largest absolute Gasteiger partial charge is 0.459 e. The van der Waals surface area contributed by atoms with Crippen LogP contribution in [0.4, 0.5) is 16.7 Å². The Bertz CT molecular complexity index is 2900. The Morgan fingerprint density at radius 3 is 2.05 bits per heavy atom. The van der Waals surface area contributed by atoms with Crippen molar-refractivity contribution in [3.05, 3.63) is 83.5 Å². The van der Waals surface area contributed by atoms with E-state index in [1.165, 1.54) is 24.4 Å². The first kappa shape index (κ1) is 72.8. The number of nitrogens with two attached hydrogens (primary N) is 1. The molecule has 7 rings (SSSR count). The number of aliphatic hydroxyl groups excluding tert-OH is 2. The Morgan fingerprint density at radius 1 is 0.750 bits per heavy atom. The molecule has 92 heavy (non-hydrogen) atoms. The maximum atomic E-state index is 14.8. The van der Waals surface area contributed by atoms with Crippen LogP contribution < -0.4 is 26.2 Å². The van der Waals surface area contributed by atoms with Gasteiger partial charge in [0.2, 0.25) is 17.7 Å². The predicted molar refractivity (Wildman–Crippen MR) is 343 cm³/mol. The first-order chi connectivity index (χ1) is 44.0. The highest BCUT2D eigenvalue weighted by molar-refractivity contribution is 6.39. The summed E-state index contributed by atoms with van der Waals surface area (Å²) in [4.78, 5) is 106. The molecule has 508 valence electrons. The van der Waals surface area contributed by atoms with Crippen molar-refractivity contribution in [2.24, 2.45) is 35.3 Å². The summed E-state index contributed by atoms with van der Waals surface area (Å²) in [7, 11) is 4.61. The van der Waals surface area contributed by atoms with E-state index in [0.717, 1.165) is 5.57 Å². The average Bonchev–Trinajstić information content (AvgIpc) is 0.795. The third-order valence-corrected chi connectivity index (χ3v) is 18.9. The fourth-order valence-corrected chi connectivity index (χ4v) is 13.2. The zero-order valence-corrected chi connectivity index (χ0v) is 55.3. The zero-order chi connectivity index (χ0) is 66.8. The van der Waals surface area contributed by atoms with E-state index in [9.17, 15) is 44.1 Å². The van der Waals surface area contributed by atoms with E-state index in [4.69, 9.17) is 34.2 Å². The van der Waals surface area contributed by atoms with Crippen molar-refractivity contribution in [2.75, 3.05) is 70.4 Å². The van der Waals surface area contributed by atoms with E-state index < -0.39 is 114 Å². The van der Waals surface area contributed by atoms with Crippen molar-refractivity contribution in [3.8, 4) is 0 Å². The number of nitrogens with one attached hydrogen (secondary N) is 2. The molecule has 5 aliphatic rings. The lowest BCUT2D eigenvalue weighted by molar-refractivity contribution is -0.265. The topological polar surface area (TPSA) is 330 Å². The van der Waals surface area contributed by atoms with E-state index in [-0.39, 0.29) is 50.1 Å². The quantitative estimate of drug-likeness (QED) is 0.0847. The molecule has 25 heteroatoms. The number of fused-ring (bicyclic) bond motifs is 3. The highest BCUT2D eigenvalue weighted by Gasteiger charge is 2.53. The van der Waals surface area contributed by atoms with Gasteiger partial charge in [-0.2, -0.15) is 0 Å². The van der Waals surface area contributed by atoms with Gasteiger partial charge in [0.25, 0.3) is 17.6 Å². The summed E-state index contributed by atoms with van der Waals surface area (Å²) in [5.74, 6) is -7.09. The lowest BCUT2D eigenvalue weighted by Gasteiger charge is -2.43. The minimum absolute atomic E-state index is 0.0401. The van der Waals surface area contributed by atoms with Gasteiger partial charge < -0.3 is 74.8 Å². The number of anilines is 2. The van der Waals surface area contributed by atoms with Gasteiger partial charge in [0.05, 0.1) is 30.0 Å². The number of carbonyl (C=O) groups excluding carboxylic acids is 6. The first-order valence-corrected chi connectivity index (χ1v) is 32.7. The van der Waals surface area contributed by atoms with E-state index in [0.29, 0.717) is 119 Å². The highest BCUT2D eigenvalue weighted by Crippen LogP contribution is 2.38. The number of carbonyl (C=O) groups is 6. The van der Waals surface area contributed by atoms with Crippen molar-refractivity contribution in [1.29, 1.82) is 0 Å². The fourth-order valence-electron chi connectivity index (χ4n) is 13.2. The lowest BCUT2D eigenvalue weighted by atomic mass is 9.80. The molecule has 0 unspecified atom stereocenters. The number of cyclic esters (lactones) is 1. The summed E-state index contributed by atoms with van der Waals surface area (Å²) in [6.07, 6.45) is 14.3. The molecule has 0 spiro atoms. The average molecular weight is 1290 g/mol.